The fourth-order valence-corrected chi connectivity index (χ4v) is 2.39. The Morgan fingerprint density at radius 3 is 2.13 bits per heavy atom. The minimum absolute atomic E-state index is 0.134. The van der Waals surface area contributed by atoms with Gasteiger partial charge in [-0.15, -0.1) is 11.8 Å². The van der Waals surface area contributed by atoms with Crippen LogP contribution in [0.15, 0.2) is 12.1 Å². The fourth-order valence-electron chi connectivity index (χ4n) is 1.78. The van der Waals surface area contributed by atoms with Crippen molar-refractivity contribution in [2.24, 2.45) is 0 Å². The Morgan fingerprint density at radius 1 is 1.04 bits per heavy atom. The van der Waals surface area contributed by atoms with Gasteiger partial charge in [0.25, 0.3) is 0 Å². The number of benzene rings is 1. The third kappa shape index (κ3) is 5.90. The third-order valence-electron chi connectivity index (χ3n) is 2.71. The van der Waals surface area contributed by atoms with Crippen molar-refractivity contribution in [1.82, 2.24) is 0 Å². The van der Waals surface area contributed by atoms with E-state index in [9.17, 15) is 9.59 Å². The summed E-state index contributed by atoms with van der Waals surface area (Å²) in [5, 5.41) is 2.72. The number of amides is 1. The highest BCUT2D eigenvalue weighted by Gasteiger charge is 2.14. The number of nitrogens with one attached hydrogen (secondary N) is 1. The molecule has 1 N–H and O–H groups in total. The molecule has 128 valence electrons. The Hall–Kier alpha value is -2.09. The molecule has 0 atom stereocenters. The summed E-state index contributed by atoms with van der Waals surface area (Å²) in [6, 6.07) is 3.27. The highest BCUT2D eigenvalue weighted by Crippen LogP contribution is 2.39. The highest BCUT2D eigenvalue weighted by molar-refractivity contribution is 8.00. The van der Waals surface area contributed by atoms with Crippen LogP contribution in [0, 0.1) is 0 Å². The molecule has 1 amide bonds. The van der Waals surface area contributed by atoms with E-state index in [1.54, 1.807) is 19.1 Å². The van der Waals surface area contributed by atoms with E-state index in [0.717, 1.165) is 0 Å². The van der Waals surface area contributed by atoms with Crippen LogP contribution in [0.5, 0.6) is 17.2 Å². The molecule has 0 aliphatic rings. The van der Waals surface area contributed by atoms with E-state index in [0.29, 0.717) is 29.5 Å². The van der Waals surface area contributed by atoms with Crippen LogP contribution in [0.3, 0.4) is 0 Å². The van der Waals surface area contributed by atoms with Crippen molar-refractivity contribution in [3.63, 3.8) is 0 Å². The Bertz CT molecular complexity index is 524. The molecule has 0 aromatic heterocycles. The molecule has 0 radical (unpaired) electrons. The van der Waals surface area contributed by atoms with Crippen molar-refractivity contribution in [1.29, 1.82) is 0 Å². The lowest BCUT2D eigenvalue weighted by Gasteiger charge is -2.14. The van der Waals surface area contributed by atoms with Gasteiger partial charge in [0.2, 0.25) is 11.7 Å². The highest BCUT2D eigenvalue weighted by atomic mass is 32.2. The molecule has 0 bridgehead atoms. The van der Waals surface area contributed by atoms with E-state index >= 15 is 0 Å². The zero-order valence-corrected chi connectivity index (χ0v) is 14.5. The molecule has 0 saturated carbocycles. The number of esters is 1. The van der Waals surface area contributed by atoms with Crippen molar-refractivity contribution in [3.05, 3.63) is 12.1 Å². The van der Waals surface area contributed by atoms with Gasteiger partial charge in [-0.1, -0.05) is 0 Å². The molecule has 0 saturated heterocycles. The van der Waals surface area contributed by atoms with Crippen LogP contribution in [-0.4, -0.2) is 51.3 Å². The maximum atomic E-state index is 11.9. The second-order valence-electron chi connectivity index (χ2n) is 4.26. The van der Waals surface area contributed by atoms with E-state index in [1.807, 2.05) is 0 Å². The van der Waals surface area contributed by atoms with Crippen LogP contribution in [0.4, 0.5) is 5.69 Å². The normalized spacial score (nSPS) is 9.91. The Kier molecular flexibility index (Phi) is 8.10. The second-order valence-corrected chi connectivity index (χ2v) is 5.25. The number of methoxy groups -OCH3 is 3. The number of carbonyl (C=O) groups excluding carboxylic acids is 2. The molecule has 0 heterocycles. The lowest BCUT2D eigenvalue weighted by atomic mass is 10.2. The van der Waals surface area contributed by atoms with Crippen LogP contribution in [0.25, 0.3) is 0 Å². The molecule has 0 aliphatic heterocycles. The lowest BCUT2D eigenvalue weighted by Crippen LogP contribution is -2.16. The molecule has 1 rings (SSSR count). The minimum atomic E-state index is -0.335. The number of rotatable bonds is 9. The number of hydrogen-bond donors (Lipinski definition) is 1. The minimum Gasteiger partial charge on any atom is -0.493 e. The molecular weight excluding hydrogens is 322 g/mol. The first kappa shape index (κ1) is 19.0. The molecule has 1 aromatic carbocycles. The summed E-state index contributed by atoms with van der Waals surface area (Å²) < 4.78 is 20.4. The summed E-state index contributed by atoms with van der Waals surface area (Å²) in [5.74, 6) is 1.03. The van der Waals surface area contributed by atoms with Crippen LogP contribution in [-0.2, 0) is 14.3 Å². The van der Waals surface area contributed by atoms with Crippen LogP contribution < -0.4 is 19.5 Å². The van der Waals surface area contributed by atoms with E-state index in [4.69, 9.17) is 18.9 Å². The summed E-state index contributed by atoms with van der Waals surface area (Å²) in [7, 11) is 4.50. The van der Waals surface area contributed by atoms with Crippen molar-refractivity contribution in [3.8, 4) is 17.2 Å². The van der Waals surface area contributed by atoms with Gasteiger partial charge in [-0.05, 0) is 6.92 Å². The molecular formula is C15H21NO6S. The van der Waals surface area contributed by atoms with Crippen molar-refractivity contribution in [2.45, 2.75) is 6.92 Å². The number of ether oxygens (including phenoxy) is 4. The number of carbonyl (C=O) groups is 2. The summed E-state index contributed by atoms with van der Waals surface area (Å²) in [6.45, 7) is 2.07. The van der Waals surface area contributed by atoms with Crippen LogP contribution >= 0.6 is 11.8 Å². The molecule has 0 spiro atoms. The maximum absolute atomic E-state index is 11.9. The van der Waals surface area contributed by atoms with Gasteiger partial charge in [-0.25, -0.2) is 0 Å². The van der Waals surface area contributed by atoms with Gasteiger partial charge in [-0.2, -0.15) is 0 Å². The first-order chi connectivity index (χ1) is 11.0. The summed E-state index contributed by atoms with van der Waals surface area (Å²) in [5.41, 5.74) is 0.515. The van der Waals surface area contributed by atoms with E-state index in [-0.39, 0.29) is 23.4 Å². The average molecular weight is 343 g/mol. The summed E-state index contributed by atoms with van der Waals surface area (Å²) in [4.78, 5) is 23.1. The van der Waals surface area contributed by atoms with E-state index in [1.165, 1.54) is 33.1 Å². The maximum Gasteiger partial charge on any atom is 0.315 e. The zero-order valence-electron chi connectivity index (χ0n) is 13.6. The molecule has 8 heteroatoms. The summed E-state index contributed by atoms with van der Waals surface area (Å²) >= 11 is 1.18. The SMILES string of the molecule is CCOC(=O)CSCC(=O)Nc1cc(OC)c(OC)c(OC)c1. The predicted molar refractivity (Wildman–Crippen MR) is 88.7 cm³/mol. The van der Waals surface area contributed by atoms with Gasteiger partial charge in [0, 0.05) is 17.8 Å². The zero-order chi connectivity index (χ0) is 17.2. The number of anilines is 1. The average Bonchev–Trinajstić information content (AvgIpc) is 2.54. The van der Waals surface area contributed by atoms with Crippen molar-refractivity contribution < 1.29 is 28.5 Å². The van der Waals surface area contributed by atoms with Gasteiger partial charge in [-0.3, -0.25) is 9.59 Å². The first-order valence-corrected chi connectivity index (χ1v) is 8.04. The first-order valence-electron chi connectivity index (χ1n) is 6.88. The standard InChI is InChI=1S/C15H21NO6S/c1-5-22-14(18)9-23-8-13(17)16-10-6-11(19-2)15(21-4)12(7-10)20-3/h6-7H,5,8-9H2,1-4H3,(H,16,17). The molecule has 0 aliphatic carbocycles. The van der Waals surface area contributed by atoms with Crippen LogP contribution in [0.1, 0.15) is 6.92 Å². The lowest BCUT2D eigenvalue weighted by molar-refractivity contribution is -0.139. The monoisotopic (exact) mass is 343 g/mol. The van der Waals surface area contributed by atoms with E-state index < -0.39 is 0 Å². The van der Waals surface area contributed by atoms with E-state index in [2.05, 4.69) is 5.32 Å². The number of hydrogen-bond acceptors (Lipinski definition) is 7. The predicted octanol–water partition coefficient (Wildman–Crippen LogP) is 1.95. The van der Waals surface area contributed by atoms with Gasteiger partial charge in [0.15, 0.2) is 11.5 Å². The molecule has 0 unspecified atom stereocenters. The molecule has 0 fully saturated rings. The number of thioether (sulfide) groups is 1. The molecule has 23 heavy (non-hydrogen) atoms. The summed E-state index contributed by atoms with van der Waals surface area (Å²) in [6.07, 6.45) is 0. The van der Waals surface area contributed by atoms with Crippen molar-refractivity contribution in [2.75, 3.05) is 44.8 Å². The molecule has 1 aromatic rings. The smallest absolute Gasteiger partial charge is 0.315 e. The fraction of sp³-hybridized carbons (Fsp3) is 0.467. The Morgan fingerprint density at radius 2 is 1.65 bits per heavy atom. The van der Waals surface area contributed by atoms with Crippen molar-refractivity contribution >= 4 is 29.3 Å². The van der Waals surface area contributed by atoms with Gasteiger partial charge in [0.1, 0.15) is 0 Å². The van der Waals surface area contributed by atoms with Gasteiger partial charge >= 0.3 is 5.97 Å². The topological polar surface area (TPSA) is 83.1 Å². The van der Waals surface area contributed by atoms with Gasteiger partial charge < -0.3 is 24.3 Å². The third-order valence-corrected chi connectivity index (χ3v) is 3.61. The quantitative estimate of drug-likeness (QED) is 0.686. The second kappa shape index (κ2) is 9.83. The van der Waals surface area contributed by atoms with Crippen LogP contribution in [0.2, 0.25) is 0 Å². The molecule has 7 nitrogen and oxygen atoms in total. The Labute approximate surface area is 139 Å². The largest absolute Gasteiger partial charge is 0.493 e. The Balaban J connectivity index is 2.66. The van der Waals surface area contributed by atoms with Gasteiger partial charge in [0.05, 0.1) is 39.4 Å².